The lowest BCUT2D eigenvalue weighted by atomic mass is 9.91. The molecular formula is C24H28F2N2O3S. The summed E-state index contributed by atoms with van der Waals surface area (Å²) in [4.78, 5) is 16.2. The Bertz CT molecular complexity index is 857. The molecule has 2 aromatic carbocycles. The highest BCUT2D eigenvalue weighted by Gasteiger charge is 2.46. The Labute approximate surface area is 191 Å². The summed E-state index contributed by atoms with van der Waals surface area (Å²) >= 11 is 1.62. The molecule has 5 nitrogen and oxygen atoms in total. The first kappa shape index (κ1) is 23.0. The summed E-state index contributed by atoms with van der Waals surface area (Å²) < 4.78 is 38.7. The van der Waals surface area contributed by atoms with Crippen LogP contribution in [0.4, 0.5) is 13.6 Å². The molecule has 0 saturated carbocycles. The van der Waals surface area contributed by atoms with Gasteiger partial charge in [0, 0.05) is 32.5 Å². The predicted octanol–water partition coefficient (Wildman–Crippen LogP) is 4.68. The second-order valence-corrected chi connectivity index (χ2v) is 9.20. The van der Waals surface area contributed by atoms with E-state index in [2.05, 4.69) is 4.90 Å². The monoisotopic (exact) mass is 462 g/mol. The minimum absolute atomic E-state index is 0.211. The summed E-state index contributed by atoms with van der Waals surface area (Å²) in [5, 5.41) is 0. The van der Waals surface area contributed by atoms with E-state index in [1.807, 2.05) is 6.26 Å². The molecule has 8 heteroatoms. The number of nitrogens with zero attached hydrogens (tertiary/aromatic N) is 2. The molecule has 2 heterocycles. The van der Waals surface area contributed by atoms with Crippen molar-refractivity contribution in [2.24, 2.45) is 0 Å². The zero-order chi connectivity index (χ0) is 22.6. The van der Waals surface area contributed by atoms with Gasteiger partial charge in [0.15, 0.2) is 0 Å². The van der Waals surface area contributed by atoms with Gasteiger partial charge in [0.1, 0.15) is 23.3 Å². The van der Waals surface area contributed by atoms with Gasteiger partial charge < -0.3 is 14.4 Å². The second kappa shape index (κ2) is 10.2. The number of hydrogen-bond acceptors (Lipinski definition) is 5. The van der Waals surface area contributed by atoms with Gasteiger partial charge in [0.05, 0.1) is 19.0 Å². The van der Waals surface area contributed by atoms with Crippen molar-refractivity contribution in [3.8, 4) is 0 Å². The maximum absolute atomic E-state index is 13.4. The van der Waals surface area contributed by atoms with Crippen LogP contribution in [0.3, 0.4) is 0 Å². The molecule has 0 unspecified atom stereocenters. The van der Waals surface area contributed by atoms with E-state index in [4.69, 9.17) is 9.47 Å². The number of amides is 1. The maximum atomic E-state index is 13.4. The topological polar surface area (TPSA) is 42.0 Å². The minimum atomic E-state index is -0.400. The standard InChI is InChI=1S/C24H28F2N2O3S/c1-32-17-28-16-24(31-23(28)29)10-12-27(13-11-24)14-15-30-22(18-2-6-20(25)7-3-18)19-4-8-21(26)9-5-19/h2-9,22H,10-17H2,1H3. The van der Waals surface area contributed by atoms with Gasteiger partial charge in [-0.1, -0.05) is 24.3 Å². The molecule has 1 spiro atoms. The van der Waals surface area contributed by atoms with E-state index in [9.17, 15) is 13.6 Å². The number of piperidine rings is 1. The first-order valence-electron chi connectivity index (χ1n) is 10.8. The normalized spacial score (nSPS) is 18.5. The molecule has 4 rings (SSSR count). The van der Waals surface area contributed by atoms with Crippen molar-refractivity contribution in [1.82, 2.24) is 9.80 Å². The number of likely N-dealkylation sites (tertiary alicyclic amines) is 1. The molecule has 2 aliphatic rings. The number of halogens is 2. The van der Waals surface area contributed by atoms with Gasteiger partial charge in [-0.15, -0.1) is 11.8 Å². The number of rotatable bonds is 8. The Morgan fingerprint density at radius 3 is 2.12 bits per heavy atom. The smallest absolute Gasteiger partial charge is 0.411 e. The van der Waals surface area contributed by atoms with Crippen LogP contribution in [0.5, 0.6) is 0 Å². The van der Waals surface area contributed by atoms with Crippen LogP contribution in [-0.4, -0.2) is 66.4 Å². The summed E-state index contributed by atoms with van der Waals surface area (Å²) in [6.07, 6.45) is 2.98. The molecule has 0 radical (unpaired) electrons. The Balaban J connectivity index is 1.32. The third kappa shape index (κ3) is 5.42. The Morgan fingerprint density at radius 1 is 1.03 bits per heavy atom. The fourth-order valence-corrected chi connectivity index (χ4v) is 4.86. The van der Waals surface area contributed by atoms with Crippen molar-refractivity contribution in [1.29, 1.82) is 0 Å². The third-order valence-corrected chi connectivity index (χ3v) is 6.70. The van der Waals surface area contributed by atoms with Crippen LogP contribution in [0.2, 0.25) is 0 Å². The fourth-order valence-electron chi connectivity index (χ4n) is 4.35. The van der Waals surface area contributed by atoms with Crippen molar-refractivity contribution in [2.45, 2.75) is 24.5 Å². The zero-order valence-corrected chi connectivity index (χ0v) is 19.0. The molecule has 2 aliphatic heterocycles. The van der Waals surface area contributed by atoms with Crippen LogP contribution in [0, 0.1) is 11.6 Å². The van der Waals surface area contributed by atoms with Gasteiger partial charge >= 0.3 is 6.09 Å². The largest absolute Gasteiger partial charge is 0.441 e. The SMILES string of the molecule is CSCN1CC2(CCN(CCOC(c3ccc(F)cc3)c3ccc(F)cc3)CC2)OC1=O. The summed E-state index contributed by atoms with van der Waals surface area (Å²) in [6, 6.07) is 12.4. The van der Waals surface area contributed by atoms with Gasteiger partial charge in [-0.3, -0.25) is 4.90 Å². The first-order chi connectivity index (χ1) is 15.5. The van der Waals surface area contributed by atoms with E-state index in [1.54, 1.807) is 40.9 Å². The van der Waals surface area contributed by atoms with Gasteiger partial charge in [-0.2, -0.15) is 0 Å². The highest BCUT2D eigenvalue weighted by atomic mass is 32.2. The van der Waals surface area contributed by atoms with Crippen LogP contribution in [0.1, 0.15) is 30.1 Å². The second-order valence-electron chi connectivity index (χ2n) is 8.36. The number of hydrogen-bond donors (Lipinski definition) is 0. The van der Waals surface area contributed by atoms with Crippen LogP contribution < -0.4 is 0 Å². The Kier molecular flexibility index (Phi) is 7.33. The minimum Gasteiger partial charge on any atom is -0.441 e. The summed E-state index contributed by atoms with van der Waals surface area (Å²) in [6.45, 7) is 3.54. The molecule has 0 aliphatic carbocycles. The fraction of sp³-hybridized carbons (Fsp3) is 0.458. The van der Waals surface area contributed by atoms with Crippen LogP contribution >= 0.6 is 11.8 Å². The van der Waals surface area contributed by atoms with Crippen LogP contribution in [-0.2, 0) is 9.47 Å². The number of ether oxygens (including phenoxy) is 2. The van der Waals surface area contributed by atoms with E-state index < -0.39 is 6.10 Å². The molecule has 2 saturated heterocycles. The molecule has 0 aromatic heterocycles. The van der Waals surface area contributed by atoms with Crippen molar-refractivity contribution in [3.05, 3.63) is 71.3 Å². The van der Waals surface area contributed by atoms with E-state index in [0.717, 1.165) is 43.6 Å². The van der Waals surface area contributed by atoms with E-state index in [1.165, 1.54) is 24.3 Å². The van der Waals surface area contributed by atoms with Crippen LogP contribution in [0.15, 0.2) is 48.5 Å². The summed E-state index contributed by atoms with van der Waals surface area (Å²) in [5.41, 5.74) is 1.28. The molecule has 1 amide bonds. The van der Waals surface area contributed by atoms with Gasteiger partial charge in [0.2, 0.25) is 0 Å². The molecule has 172 valence electrons. The van der Waals surface area contributed by atoms with Crippen molar-refractivity contribution >= 4 is 17.9 Å². The summed E-state index contributed by atoms with van der Waals surface area (Å²) in [7, 11) is 0. The molecule has 2 fully saturated rings. The maximum Gasteiger partial charge on any atom is 0.411 e. The predicted molar refractivity (Wildman–Crippen MR) is 121 cm³/mol. The lowest BCUT2D eigenvalue weighted by Crippen LogP contribution is -2.47. The number of carbonyl (C=O) groups excluding carboxylic acids is 1. The lowest BCUT2D eigenvalue weighted by Gasteiger charge is -2.37. The highest BCUT2D eigenvalue weighted by molar-refractivity contribution is 7.98. The quantitative estimate of drug-likeness (QED) is 0.570. The number of carbonyl (C=O) groups is 1. The Morgan fingerprint density at radius 2 is 1.59 bits per heavy atom. The molecule has 0 atom stereocenters. The van der Waals surface area contributed by atoms with Gasteiger partial charge in [0.25, 0.3) is 0 Å². The van der Waals surface area contributed by atoms with Crippen molar-refractivity contribution < 1.29 is 23.0 Å². The van der Waals surface area contributed by atoms with Crippen LogP contribution in [0.25, 0.3) is 0 Å². The average Bonchev–Trinajstić information content (AvgIpc) is 3.09. The molecular weight excluding hydrogens is 434 g/mol. The Hall–Kier alpha value is -2.16. The van der Waals surface area contributed by atoms with Gasteiger partial charge in [-0.25, -0.2) is 13.6 Å². The highest BCUT2D eigenvalue weighted by Crippen LogP contribution is 2.34. The molecule has 2 aromatic rings. The third-order valence-electron chi connectivity index (χ3n) is 6.13. The van der Waals surface area contributed by atoms with Crippen molar-refractivity contribution in [2.75, 3.05) is 44.9 Å². The molecule has 0 bridgehead atoms. The number of thioether (sulfide) groups is 1. The first-order valence-corrected chi connectivity index (χ1v) is 12.2. The zero-order valence-electron chi connectivity index (χ0n) is 18.1. The van der Waals surface area contributed by atoms with E-state index in [0.29, 0.717) is 19.0 Å². The van der Waals surface area contributed by atoms with E-state index in [-0.39, 0.29) is 23.3 Å². The van der Waals surface area contributed by atoms with Crippen molar-refractivity contribution in [3.63, 3.8) is 0 Å². The lowest BCUT2D eigenvalue weighted by molar-refractivity contribution is -0.0107. The molecule has 32 heavy (non-hydrogen) atoms. The van der Waals surface area contributed by atoms with Gasteiger partial charge in [-0.05, 0) is 41.6 Å². The van der Waals surface area contributed by atoms with E-state index >= 15 is 0 Å². The number of benzene rings is 2. The summed E-state index contributed by atoms with van der Waals surface area (Å²) in [5.74, 6) is 0.0434. The molecule has 0 N–H and O–H groups in total. The average molecular weight is 463 g/mol.